The Kier molecular flexibility index (Phi) is 8.33. The van der Waals surface area contributed by atoms with Gasteiger partial charge in [-0.05, 0) is 43.5 Å². The van der Waals surface area contributed by atoms with Gasteiger partial charge in [-0.15, -0.1) is 0 Å². The van der Waals surface area contributed by atoms with Crippen molar-refractivity contribution in [2.24, 2.45) is 4.99 Å². The fourth-order valence-corrected chi connectivity index (χ4v) is 2.67. The van der Waals surface area contributed by atoms with Crippen molar-refractivity contribution in [2.45, 2.75) is 26.3 Å². The topological polar surface area (TPSA) is 54.9 Å². The van der Waals surface area contributed by atoms with Crippen molar-refractivity contribution in [3.63, 3.8) is 0 Å². The van der Waals surface area contributed by atoms with Crippen LogP contribution in [0.3, 0.4) is 0 Å². The summed E-state index contributed by atoms with van der Waals surface area (Å²) in [6.07, 6.45) is 2.01. The van der Waals surface area contributed by atoms with Gasteiger partial charge in [-0.25, -0.2) is 0 Å². The molecular weight excluding hydrogens is 326 g/mol. The number of benzene rings is 2. The van der Waals surface area contributed by atoms with Gasteiger partial charge >= 0.3 is 0 Å². The van der Waals surface area contributed by atoms with Gasteiger partial charge in [0.15, 0.2) is 5.96 Å². The van der Waals surface area contributed by atoms with Gasteiger partial charge < -0.3 is 20.1 Å². The molecule has 26 heavy (non-hydrogen) atoms. The van der Waals surface area contributed by atoms with Crippen molar-refractivity contribution in [1.29, 1.82) is 0 Å². The first-order valence-corrected chi connectivity index (χ1v) is 9.05. The second-order valence-electron chi connectivity index (χ2n) is 5.85. The number of hydrogen-bond acceptors (Lipinski definition) is 3. The minimum atomic E-state index is 0.661. The van der Waals surface area contributed by atoms with Crippen LogP contribution in [0.5, 0.6) is 11.5 Å². The first-order valence-electron chi connectivity index (χ1n) is 9.05. The van der Waals surface area contributed by atoms with Crippen molar-refractivity contribution >= 4 is 5.96 Å². The van der Waals surface area contributed by atoms with Gasteiger partial charge in [-0.3, -0.25) is 4.99 Å². The van der Waals surface area contributed by atoms with E-state index >= 15 is 0 Å². The predicted octanol–water partition coefficient (Wildman–Crippen LogP) is 3.39. The maximum Gasteiger partial charge on any atom is 0.191 e. The summed E-state index contributed by atoms with van der Waals surface area (Å²) in [4.78, 5) is 4.28. The molecule has 0 radical (unpaired) electrons. The third kappa shape index (κ3) is 6.31. The molecule has 0 atom stereocenters. The molecule has 0 unspecified atom stereocenters. The lowest BCUT2D eigenvalue weighted by Crippen LogP contribution is -2.37. The van der Waals surface area contributed by atoms with Crippen LogP contribution in [0, 0.1) is 0 Å². The van der Waals surface area contributed by atoms with E-state index in [1.165, 1.54) is 5.56 Å². The average molecular weight is 355 g/mol. The van der Waals surface area contributed by atoms with Crippen molar-refractivity contribution < 1.29 is 9.47 Å². The molecule has 0 saturated carbocycles. The Morgan fingerprint density at radius 3 is 2.69 bits per heavy atom. The molecule has 0 aliphatic rings. The highest BCUT2D eigenvalue weighted by Gasteiger charge is 2.04. The summed E-state index contributed by atoms with van der Waals surface area (Å²) >= 11 is 0. The van der Waals surface area contributed by atoms with Crippen LogP contribution in [0.15, 0.2) is 53.5 Å². The van der Waals surface area contributed by atoms with Crippen LogP contribution >= 0.6 is 0 Å². The molecule has 0 fully saturated rings. The van der Waals surface area contributed by atoms with Gasteiger partial charge in [0.2, 0.25) is 0 Å². The highest BCUT2D eigenvalue weighted by molar-refractivity contribution is 5.79. The summed E-state index contributed by atoms with van der Waals surface area (Å²) in [6.45, 7) is 4.18. The molecule has 0 bridgehead atoms. The molecule has 2 rings (SSSR count). The van der Waals surface area contributed by atoms with Gasteiger partial charge in [0.25, 0.3) is 0 Å². The molecule has 2 aromatic carbocycles. The number of hydrogen-bond donors (Lipinski definition) is 2. The van der Waals surface area contributed by atoms with E-state index in [1.54, 1.807) is 14.2 Å². The van der Waals surface area contributed by atoms with E-state index in [9.17, 15) is 0 Å². The molecule has 0 spiro atoms. The number of para-hydroxylation sites is 1. The van der Waals surface area contributed by atoms with Crippen LogP contribution in [0.25, 0.3) is 0 Å². The predicted molar refractivity (Wildman–Crippen MR) is 107 cm³/mol. The van der Waals surface area contributed by atoms with Gasteiger partial charge in [0.05, 0.1) is 13.7 Å². The number of rotatable bonds is 9. The van der Waals surface area contributed by atoms with Crippen molar-refractivity contribution in [2.75, 3.05) is 27.3 Å². The lowest BCUT2D eigenvalue weighted by atomic mass is 10.1. The lowest BCUT2D eigenvalue weighted by molar-refractivity contribution is 0.336. The van der Waals surface area contributed by atoms with E-state index in [1.807, 2.05) is 37.3 Å². The van der Waals surface area contributed by atoms with Crippen LogP contribution in [0.4, 0.5) is 0 Å². The third-order valence-corrected chi connectivity index (χ3v) is 4.01. The lowest BCUT2D eigenvalue weighted by Gasteiger charge is -2.14. The molecule has 140 valence electrons. The zero-order valence-corrected chi connectivity index (χ0v) is 15.9. The first kappa shape index (κ1) is 19.6. The van der Waals surface area contributed by atoms with Crippen LogP contribution in [-0.4, -0.2) is 33.3 Å². The second-order valence-corrected chi connectivity index (χ2v) is 5.85. The zero-order chi connectivity index (χ0) is 18.6. The van der Waals surface area contributed by atoms with E-state index in [4.69, 9.17) is 9.47 Å². The highest BCUT2D eigenvalue weighted by atomic mass is 16.5. The van der Waals surface area contributed by atoms with Gasteiger partial charge in [0.1, 0.15) is 11.5 Å². The standard InChI is InChI=1S/C21H29N3O2/c1-4-26-20-13-6-5-11-18(20)16-24-21(22-2)23-14-8-10-17-9-7-12-19(15-17)25-3/h5-7,9,11-13,15H,4,8,10,14,16H2,1-3H3,(H2,22,23,24). The van der Waals surface area contributed by atoms with Crippen LogP contribution < -0.4 is 20.1 Å². The second kappa shape index (κ2) is 11.0. The minimum Gasteiger partial charge on any atom is -0.497 e. The van der Waals surface area contributed by atoms with Crippen LogP contribution in [0.1, 0.15) is 24.5 Å². The number of methoxy groups -OCH3 is 1. The maximum atomic E-state index is 5.66. The highest BCUT2D eigenvalue weighted by Crippen LogP contribution is 2.17. The Morgan fingerprint density at radius 1 is 1.08 bits per heavy atom. The van der Waals surface area contributed by atoms with Gasteiger partial charge in [0, 0.05) is 25.7 Å². The maximum absolute atomic E-state index is 5.66. The molecule has 0 saturated heterocycles. The van der Waals surface area contributed by atoms with Crippen molar-refractivity contribution in [3.8, 4) is 11.5 Å². The van der Waals surface area contributed by atoms with E-state index in [0.717, 1.165) is 42.4 Å². The molecule has 0 aliphatic heterocycles. The fourth-order valence-electron chi connectivity index (χ4n) is 2.67. The Balaban J connectivity index is 1.76. The smallest absolute Gasteiger partial charge is 0.191 e. The summed E-state index contributed by atoms with van der Waals surface area (Å²) in [5.41, 5.74) is 2.40. The average Bonchev–Trinajstić information content (AvgIpc) is 2.69. The van der Waals surface area contributed by atoms with E-state index in [-0.39, 0.29) is 0 Å². The number of nitrogens with one attached hydrogen (secondary N) is 2. The molecule has 0 amide bonds. The van der Waals surface area contributed by atoms with E-state index in [2.05, 4.69) is 33.8 Å². The number of guanidine groups is 1. The number of aliphatic imine (C=N–C) groups is 1. The van der Waals surface area contributed by atoms with E-state index < -0.39 is 0 Å². The van der Waals surface area contributed by atoms with Crippen molar-refractivity contribution in [1.82, 2.24) is 10.6 Å². The largest absolute Gasteiger partial charge is 0.497 e. The van der Waals surface area contributed by atoms with E-state index in [0.29, 0.717) is 13.2 Å². The molecular formula is C21H29N3O2. The summed E-state index contributed by atoms with van der Waals surface area (Å²) < 4.78 is 10.9. The summed E-state index contributed by atoms with van der Waals surface area (Å²) in [6, 6.07) is 16.3. The third-order valence-electron chi connectivity index (χ3n) is 4.01. The monoisotopic (exact) mass is 355 g/mol. The van der Waals surface area contributed by atoms with Crippen LogP contribution in [-0.2, 0) is 13.0 Å². The molecule has 5 nitrogen and oxygen atoms in total. The Hall–Kier alpha value is -2.69. The normalized spacial score (nSPS) is 11.1. The van der Waals surface area contributed by atoms with Crippen molar-refractivity contribution in [3.05, 3.63) is 59.7 Å². The quantitative estimate of drug-likeness (QED) is 0.411. The molecule has 0 aromatic heterocycles. The Morgan fingerprint density at radius 2 is 1.92 bits per heavy atom. The minimum absolute atomic E-state index is 0.661. The summed E-state index contributed by atoms with van der Waals surface area (Å²) in [7, 11) is 3.48. The van der Waals surface area contributed by atoms with Crippen LogP contribution in [0.2, 0.25) is 0 Å². The number of nitrogens with zero attached hydrogens (tertiary/aromatic N) is 1. The number of ether oxygens (including phenoxy) is 2. The van der Waals surface area contributed by atoms with Gasteiger partial charge in [-0.2, -0.15) is 0 Å². The Labute approximate surface area is 156 Å². The molecule has 5 heteroatoms. The Bertz CT molecular complexity index is 701. The number of aryl methyl sites for hydroxylation is 1. The SMILES string of the molecule is CCOc1ccccc1CNC(=NC)NCCCc1cccc(OC)c1. The molecule has 2 N–H and O–H groups in total. The molecule has 2 aromatic rings. The first-order chi connectivity index (χ1) is 12.8. The fraction of sp³-hybridized carbons (Fsp3) is 0.381. The van der Waals surface area contributed by atoms with Gasteiger partial charge in [-0.1, -0.05) is 30.3 Å². The summed E-state index contributed by atoms with van der Waals surface area (Å²) in [5, 5.41) is 6.70. The molecule has 0 heterocycles. The zero-order valence-electron chi connectivity index (χ0n) is 15.9. The summed E-state index contributed by atoms with van der Waals surface area (Å²) in [5.74, 6) is 2.61. The molecule has 0 aliphatic carbocycles.